The number of aromatic nitrogens is 2. The van der Waals surface area contributed by atoms with E-state index in [1.165, 1.54) is 12.1 Å². The molecule has 1 fully saturated rings. The third kappa shape index (κ3) is 3.46. The molecule has 0 spiro atoms. The van der Waals surface area contributed by atoms with Gasteiger partial charge in [-0.2, -0.15) is 11.1 Å². The average molecular weight is 438 g/mol. The van der Waals surface area contributed by atoms with E-state index >= 15 is 0 Å². The van der Waals surface area contributed by atoms with E-state index in [9.17, 15) is 16.8 Å². The van der Waals surface area contributed by atoms with Gasteiger partial charge in [-0.15, -0.1) is 0 Å². The zero-order chi connectivity index (χ0) is 21.0. The number of nitrogens with two attached hydrogens (primary N) is 2. The molecule has 0 amide bonds. The predicted molar refractivity (Wildman–Crippen MR) is 106 cm³/mol. The molecule has 14 heteroatoms. The molecule has 1 saturated heterocycles. The predicted octanol–water partition coefficient (Wildman–Crippen LogP) is -1.02. The van der Waals surface area contributed by atoms with Gasteiger partial charge in [-0.1, -0.05) is 18.2 Å². The maximum Gasteiger partial charge on any atom is 0.239 e. The molecule has 12 nitrogen and oxygen atoms in total. The highest BCUT2D eigenvalue weighted by atomic mass is 32.2. The number of para-hydroxylation sites is 1. The lowest BCUT2D eigenvalue weighted by atomic mass is 9.96. The number of benzene rings is 2. The fourth-order valence-corrected chi connectivity index (χ4v) is 5.80. The minimum atomic E-state index is -4.43. The molecule has 9 N–H and O–H groups in total. The van der Waals surface area contributed by atoms with Gasteiger partial charge in [-0.3, -0.25) is 0 Å². The van der Waals surface area contributed by atoms with Crippen molar-refractivity contribution >= 4 is 36.8 Å². The first-order valence-electron chi connectivity index (χ1n) is 8.23. The SMILES string of the molecule is CS(=O)(=O)c1ccc(-c2cccc3[nH]c(N)nc23)c(C2NNNN2)c1S(N)(=O)=O. The quantitative estimate of drug-likeness (QED) is 0.265. The fourth-order valence-electron chi connectivity index (χ4n) is 3.35. The molecule has 0 saturated carbocycles. The van der Waals surface area contributed by atoms with Crippen molar-refractivity contribution in [3.05, 3.63) is 35.9 Å². The van der Waals surface area contributed by atoms with Crippen LogP contribution < -0.4 is 32.8 Å². The van der Waals surface area contributed by atoms with Crippen LogP contribution in [-0.2, 0) is 19.9 Å². The Kier molecular flexibility index (Phi) is 4.58. The molecule has 1 aliphatic rings. The number of H-pyrrole nitrogens is 1. The Morgan fingerprint density at radius 3 is 2.31 bits per heavy atom. The number of nitrogens with zero attached hydrogens (tertiary/aromatic N) is 1. The molecule has 29 heavy (non-hydrogen) atoms. The highest BCUT2D eigenvalue weighted by molar-refractivity contribution is 7.93. The van der Waals surface area contributed by atoms with E-state index in [0.717, 1.165) is 6.26 Å². The Balaban J connectivity index is 2.15. The van der Waals surface area contributed by atoms with E-state index in [0.29, 0.717) is 22.2 Å². The Morgan fingerprint density at radius 1 is 1.00 bits per heavy atom. The van der Waals surface area contributed by atoms with Crippen LogP contribution in [0.5, 0.6) is 0 Å². The van der Waals surface area contributed by atoms with Crippen molar-refractivity contribution in [2.45, 2.75) is 16.0 Å². The van der Waals surface area contributed by atoms with Gasteiger partial charge in [-0.25, -0.2) is 37.8 Å². The summed E-state index contributed by atoms with van der Waals surface area (Å²) in [5.74, 6) is 0.189. The number of anilines is 1. The molecule has 0 atom stereocenters. The largest absolute Gasteiger partial charge is 0.369 e. The number of hydrogen-bond acceptors (Lipinski definition) is 10. The normalized spacial score (nSPS) is 15.9. The van der Waals surface area contributed by atoms with Crippen LogP contribution >= 0.6 is 0 Å². The van der Waals surface area contributed by atoms with Gasteiger partial charge in [0.25, 0.3) is 0 Å². The van der Waals surface area contributed by atoms with Crippen LogP contribution in [0.1, 0.15) is 11.7 Å². The second-order valence-electron chi connectivity index (χ2n) is 6.47. The molecule has 154 valence electrons. The van der Waals surface area contributed by atoms with Crippen LogP contribution in [0.4, 0.5) is 5.95 Å². The zero-order valence-electron chi connectivity index (χ0n) is 15.0. The van der Waals surface area contributed by atoms with Crippen LogP contribution in [0.15, 0.2) is 40.1 Å². The minimum absolute atomic E-state index is 0.113. The maximum absolute atomic E-state index is 12.5. The van der Waals surface area contributed by atoms with Gasteiger partial charge in [0.1, 0.15) is 11.1 Å². The maximum atomic E-state index is 12.5. The topological polar surface area (TPSA) is 197 Å². The smallest absolute Gasteiger partial charge is 0.239 e. The summed E-state index contributed by atoms with van der Waals surface area (Å²) >= 11 is 0. The lowest BCUT2D eigenvalue weighted by Crippen LogP contribution is -2.33. The number of sulfonamides is 1. The summed E-state index contributed by atoms with van der Waals surface area (Å²) in [6.07, 6.45) is 0.0910. The van der Waals surface area contributed by atoms with Gasteiger partial charge in [0.05, 0.1) is 15.9 Å². The molecule has 2 heterocycles. The van der Waals surface area contributed by atoms with Crippen molar-refractivity contribution in [3.8, 4) is 11.1 Å². The van der Waals surface area contributed by atoms with Crippen LogP contribution in [0.3, 0.4) is 0 Å². The summed E-state index contributed by atoms with van der Waals surface area (Å²) < 4.78 is 49.6. The summed E-state index contributed by atoms with van der Waals surface area (Å²) in [6.45, 7) is 0. The number of hydrogen-bond donors (Lipinski definition) is 7. The van der Waals surface area contributed by atoms with Crippen molar-refractivity contribution in [1.82, 2.24) is 31.9 Å². The highest BCUT2D eigenvalue weighted by Gasteiger charge is 2.33. The van der Waals surface area contributed by atoms with E-state index in [-0.39, 0.29) is 11.5 Å². The van der Waals surface area contributed by atoms with Crippen LogP contribution in [0.2, 0.25) is 0 Å². The van der Waals surface area contributed by atoms with Gasteiger partial charge < -0.3 is 10.7 Å². The minimum Gasteiger partial charge on any atom is -0.369 e. The van der Waals surface area contributed by atoms with E-state index < -0.39 is 35.8 Å². The molecule has 1 aromatic heterocycles. The molecule has 0 radical (unpaired) electrons. The number of fused-ring (bicyclic) bond motifs is 1. The molecule has 4 rings (SSSR count). The third-order valence-corrected chi connectivity index (χ3v) is 6.73. The molecule has 0 aliphatic carbocycles. The number of imidazole rings is 1. The van der Waals surface area contributed by atoms with Crippen molar-refractivity contribution in [1.29, 1.82) is 0 Å². The van der Waals surface area contributed by atoms with Crippen LogP contribution in [0, 0.1) is 0 Å². The number of primary sulfonamides is 1. The van der Waals surface area contributed by atoms with Gasteiger partial charge in [0.2, 0.25) is 10.0 Å². The van der Waals surface area contributed by atoms with E-state index in [1.54, 1.807) is 18.2 Å². The lowest BCUT2D eigenvalue weighted by molar-refractivity contribution is 0.534. The first-order valence-corrected chi connectivity index (χ1v) is 11.7. The van der Waals surface area contributed by atoms with E-state index in [1.807, 2.05) is 0 Å². The van der Waals surface area contributed by atoms with Gasteiger partial charge >= 0.3 is 0 Å². The average Bonchev–Trinajstić information content (AvgIpc) is 3.27. The number of rotatable bonds is 4. The molecular formula is C15H18N8O4S2. The van der Waals surface area contributed by atoms with Crippen molar-refractivity contribution in [2.75, 3.05) is 12.0 Å². The molecule has 2 aromatic carbocycles. The lowest BCUT2D eigenvalue weighted by Gasteiger charge is -2.21. The molecule has 0 unspecified atom stereocenters. The monoisotopic (exact) mass is 438 g/mol. The summed E-state index contributed by atoms with van der Waals surface area (Å²) in [7, 11) is -8.33. The van der Waals surface area contributed by atoms with Gasteiger partial charge in [-0.05, 0) is 17.7 Å². The van der Waals surface area contributed by atoms with Gasteiger partial charge in [0.15, 0.2) is 15.8 Å². The number of sulfone groups is 1. The first kappa shape index (κ1) is 19.7. The van der Waals surface area contributed by atoms with Crippen molar-refractivity contribution in [2.24, 2.45) is 5.14 Å². The fraction of sp³-hybridized carbons (Fsp3) is 0.133. The molecule has 0 bridgehead atoms. The van der Waals surface area contributed by atoms with E-state index in [4.69, 9.17) is 10.9 Å². The number of hydrazine groups is 3. The highest BCUT2D eigenvalue weighted by Crippen LogP contribution is 2.38. The number of aromatic amines is 1. The van der Waals surface area contributed by atoms with E-state index in [2.05, 4.69) is 31.9 Å². The first-order chi connectivity index (χ1) is 13.6. The third-order valence-electron chi connectivity index (χ3n) is 4.45. The Labute approximate surface area is 165 Å². The summed E-state index contributed by atoms with van der Waals surface area (Å²) in [5.41, 5.74) is 18.7. The summed E-state index contributed by atoms with van der Waals surface area (Å²) in [5, 5.41) is 5.46. The molecule has 1 aliphatic heterocycles. The zero-order valence-corrected chi connectivity index (χ0v) is 16.6. The standard InChI is InChI=1S/C15H18N8O4S2/c1-28(24,25)10-6-5-7(8-3-2-4-9-12(8)19-15(16)18-9)11(13(10)29(17,26)27)14-20-22-23-21-14/h2-6,14,20-23H,1H3,(H3,16,18,19)(H2,17,26,27). The Morgan fingerprint density at radius 2 is 1.69 bits per heavy atom. The van der Waals surface area contributed by atoms with Crippen LogP contribution in [0.25, 0.3) is 22.2 Å². The summed E-state index contributed by atoms with van der Waals surface area (Å²) in [4.78, 5) is 6.28. The van der Waals surface area contributed by atoms with Crippen molar-refractivity contribution in [3.63, 3.8) is 0 Å². The van der Waals surface area contributed by atoms with Gasteiger partial charge in [0, 0.05) is 17.4 Å². The number of nitrogen functional groups attached to an aromatic ring is 1. The molecular weight excluding hydrogens is 420 g/mol. The number of nitrogens with one attached hydrogen (secondary N) is 5. The van der Waals surface area contributed by atoms with Crippen molar-refractivity contribution < 1.29 is 16.8 Å². The second-order valence-corrected chi connectivity index (χ2v) is 9.95. The second kappa shape index (κ2) is 6.74. The summed E-state index contributed by atoms with van der Waals surface area (Å²) in [6, 6.07) is 7.97. The Hall–Kier alpha value is -2.59. The van der Waals surface area contributed by atoms with Crippen LogP contribution in [-0.4, -0.2) is 33.1 Å². The molecule has 3 aromatic rings. The Bertz CT molecular complexity index is 1330.